The molecule has 1 aliphatic carbocycles. The number of carbonyl (C=O) groups is 4. The van der Waals surface area contributed by atoms with Crippen molar-refractivity contribution in [1.82, 2.24) is 45.3 Å². The average Bonchev–Trinajstić information content (AvgIpc) is 3.38. The molecule has 4 amide bonds. The third-order valence-electron chi connectivity index (χ3n) is 15.2. The zero-order valence-electron chi connectivity index (χ0n) is 38.7. The number of hydrogen-bond donors (Lipinski definition) is 3. The lowest BCUT2D eigenvalue weighted by atomic mass is 9.83. The average molecular weight is 916 g/mol. The van der Waals surface area contributed by atoms with E-state index < -0.39 is 17.8 Å². The number of piperazine rings is 2. The van der Waals surface area contributed by atoms with Gasteiger partial charge >= 0.3 is 0 Å². The second-order valence-electron chi connectivity index (χ2n) is 19.6. The van der Waals surface area contributed by atoms with Gasteiger partial charge in [0.15, 0.2) is 0 Å². The van der Waals surface area contributed by atoms with Crippen molar-refractivity contribution in [3.63, 3.8) is 0 Å². The Balaban J connectivity index is 0.705. The fraction of sp³-hybridized carbons (Fsp3) is 0.538. The van der Waals surface area contributed by atoms with Gasteiger partial charge in [0, 0.05) is 82.8 Å². The minimum absolute atomic E-state index is 0.0157. The van der Waals surface area contributed by atoms with Crippen LogP contribution in [-0.4, -0.2) is 156 Å². The number of carbonyl (C=O) groups excluding carboxylic acids is 4. The Morgan fingerprint density at radius 2 is 1.46 bits per heavy atom. The van der Waals surface area contributed by atoms with Crippen molar-refractivity contribution >= 4 is 34.4 Å². The van der Waals surface area contributed by atoms with Crippen LogP contribution in [-0.2, 0) is 16.0 Å². The number of rotatable bonds is 12. The van der Waals surface area contributed by atoms with Gasteiger partial charge in [-0.1, -0.05) is 55.7 Å². The van der Waals surface area contributed by atoms with Crippen molar-refractivity contribution < 1.29 is 23.6 Å². The van der Waals surface area contributed by atoms with Gasteiger partial charge in [-0.25, -0.2) is 9.49 Å². The van der Waals surface area contributed by atoms with Crippen molar-refractivity contribution in [2.75, 3.05) is 91.6 Å². The molecule has 5 aliphatic rings. The maximum Gasteiger partial charge on any atom is 0.272 e. The maximum atomic E-state index is 15.1. The molecule has 0 radical (unpaired) electrons. The smallest absolute Gasteiger partial charge is 0.272 e. The Kier molecular flexibility index (Phi) is 15.0. The van der Waals surface area contributed by atoms with Gasteiger partial charge in [-0.05, 0) is 117 Å². The predicted molar refractivity (Wildman–Crippen MR) is 255 cm³/mol. The molecule has 356 valence electrons. The SMILES string of the molecule is O=C(NC(C(=O)N1CCN(CC2CCN(CC(=O)N3CCN(C(=O)c4cc(Cc5n[nH]c(=O)c6ccccc56)ccc4F)CC3)CC2)CC1)C1CCCCC1)c1cccc(C2CCCNC2)c1. The largest absolute Gasteiger partial charge is 0.340 e. The van der Waals surface area contributed by atoms with Crippen LogP contribution in [0.2, 0.25) is 0 Å². The summed E-state index contributed by atoms with van der Waals surface area (Å²) < 4.78 is 15.1. The number of aromatic amines is 1. The molecule has 14 nitrogen and oxygen atoms in total. The van der Waals surface area contributed by atoms with E-state index in [1.165, 1.54) is 18.1 Å². The summed E-state index contributed by atoms with van der Waals surface area (Å²) >= 11 is 0. The summed E-state index contributed by atoms with van der Waals surface area (Å²) in [6.07, 6.45) is 9.86. The maximum absolute atomic E-state index is 15.1. The number of benzene rings is 3. The molecule has 67 heavy (non-hydrogen) atoms. The first-order chi connectivity index (χ1) is 32.7. The van der Waals surface area contributed by atoms with Gasteiger partial charge < -0.3 is 25.3 Å². The van der Waals surface area contributed by atoms with Gasteiger partial charge in [0.25, 0.3) is 17.4 Å². The van der Waals surface area contributed by atoms with Crippen LogP contribution in [0.15, 0.2) is 71.5 Å². The van der Waals surface area contributed by atoms with Crippen molar-refractivity contribution in [3.05, 3.63) is 111 Å². The van der Waals surface area contributed by atoms with E-state index in [1.54, 1.807) is 29.2 Å². The number of halogens is 1. The van der Waals surface area contributed by atoms with Crippen LogP contribution in [0.3, 0.4) is 0 Å². The van der Waals surface area contributed by atoms with E-state index >= 15 is 4.39 Å². The summed E-state index contributed by atoms with van der Waals surface area (Å²) in [6.45, 7) is 9.34. The first kappa shape index (κ1) is 46.6. The fourth-order valence-electron chi connectivity index (χ4n) is 11.1. The molecule has 5 heterocycles. The highest BCUT2D eigenvalue weighted by Crippen LogP contribution is 2.30. The van der Waals surface area contributed by atoms with E-state index in [2.05, 4.69) is 36.7 Å². The quantitative estimate of drug-likeness (QED) is 0.185. The number of amides is 4. The van der Waals surface area contributed by atoms with E-state index in [0.717, 1.165) is 97.2 Å². The Morgan fingerprint density at radius 1 is 0.731 bits per heavy atom. The molecule has 9 rings (SSSR count). The summed E-state index contributed by atoms with van der Waals surface area (Å²) in [7, 11) is 0. The molecule has 1 saturated carbocycles. The molecule has 4 saturated heterocycles. The van der Waals surface area contributed by atoms with Crippen LogP contribution >= 0.6 is 0 Å². The zero-order valence-corrected chi connectivity index (χ0v) is 38.7. The van der Waals surface area contributed by atoms with Gasteiger partial charge in [-0.15, -0.1) is 0 Å². The van der Waals surface area contributed by atoms with Gasteiger partial charge in [-0.3, -0.25) is 33.8 Å². The lowest BCUT2D eigenvalue weighted by Gasteiger charge is -2.41. The summed E-state index contributed by atoms with van der Waals surface area (Å²) in [4.78, 5) is 77.4. The number of nitrogens with zero attached hydrogens (tertiary/aromatic N) is 6. The number of H-pyrrole nitrogens is 1. The topological polar surface area (TPSA) is 154 Å². The highest BCUT2D eigenvalue weighted by molar-refractivity contribution is 5.98. The minimum Gasteiger partial charge on any atom is -0.340 e. The standard InChI is InChI=1S/C52H66FN9O5/c53-45-16-15-37(31-46-42-13-4-5-14-43(42)50(65)57-56-46)30-44(45)51(66)61-28-26-60(27-29-61)47(63)35-58-20-17-36(18-21-58)34-59-22-24-62(25-23-59)52(67)48(38-8-2-1-3-9-38)55-49(64)40-11-6-10-39(32-40)41-12-7-19-54-33-41/h4-6,10-11,13-16,30,32,36,38,41,48,54H,1-3,7-9,12,17-29,31,33-35H2,(H,55,64)(H,57,65). The van der Waals surface area contributed by atoms with Crippen molar-refractivity contribution in [1.29, 1.82) is 0 Å². The summed E-state index contributed by atoms with van der Waals surface area (Å²) in [5.74, 6) is 0.0285. The zero-order chi connectivity index (χ0) is 46.3. The van der Waals surface area contributed by atoms with Gasteiger partial charge in [0.2, 0.25) is 11.8 Å². The second-order valence-corrected chi connectivity index (χ2v) is 19.6. The normalized spacial score (nSPS) is 21.0. The first-order valence-corrected chi connectivity index (χ1v) is 24.8. The number of piperidine rings is 2. The van der Waals surface area contributed by atoms with Crippen LogP contribution in [0.25, 0.3) is 10.8 Å². The van der Waals surface area contributed by atoms with Crippen LogP contribution in [0.5, 0.6) is 0 Å². The molecule has 2 unspecified atom stereocenters. The monoisotopic (exact) mass is 916 g/mol. The molecule has 3 N–H and O–H groups in total. The third-order valence-corrected chi connectivity index (χ3v) is 15.2. The second kappa shape index (κ2) is 21.6. The molecule has 5 fully saturated rings. The molecular formula is C52H66FN9O5. The lowest BCUT2D eigenvalue weighted by molar-refractivity contribution is -0.137. The van der Waals surface area contributed by atoms with Crippen LogP contribution in [0.4, 0.5) is 4.39 Å². The van der Waals surface area contributed by atoms with Crippen molar-refractivity contribution in [2.24, 2.45) is 11.8 Å². The number of likely N-dealkylation sites (tertiary alicyclic amines) is 1. The van der Waals surface area contributed by atoms with Gasteiger partial charge in [-0.2, -0.15) is 5.10 Å². The van der Waals surface area contributed by atoms with Gasteiger partial charge in [0.1, 0.15) is 11.9 Å². The van der Waals surface area contributed by atoms with Crippen LogP contribution in [0, 0.1) is 17.7 Å². The number of aromatic nitrogens is 2. The number of nitrogens with one attached hydrogen (secondary N) is 3. The van der Waals surface area contributed by atoms with Gasteiger partial charge in [0.05, 0.1) is 23.2 Å². The summed E-state index contributed by atoms with van der Waals surface area (Å²) in [5, 5.41) is 14.7. The molecule has 4 aliphatic heterocycles. The Hall–Kier alpha value is -5.51. The number of hydrogen-bond acceptors (Lipinski definition) is 9. The molecular weight excluding hydrogens is 850 g/mol. The van der Waals surface area contributed by atoms with E-state index in [1.807, 2.05) is 40.1 Å². The Bertz CT molecular complexity index is 2450. The van der Waals surface area contributed by atoms with Crippen molar-refractivity contribution in [2.45, 2.75) is 76.2 Å². The lowest BCUT2D eigenvalue weighted by Crippen LogP contribution is -2.57. The molecule has 2 atom stereocenters. The molecule has 4 aromatic rings. The number of fused-ring (bicyclic) bond motifs is 1. The third kappa shape index (κ3) is 11.3. The molecule has 1 aromatic heterocycles. The highest BCUT2D eigenvalue weighted by Gasteiger charge is 2.36. The Morgan fingerprint density at radius 3 is 2.21 bits per heavy atom. The van der Waals surface area contributed by atoms with Crippen LogP contribution < -0.4 is 16.2 Å². The summed E-state index contributed by atoms with van der Waals surface area (Å²) in [5.41, 5.74) is 2.86. The fourth-order valence-corrected chi connectivity index (χ4v) is 11.1. The molecule has 0 bridgehead atoms. The van der Waals surface area contributed by atoms with Crippen molar-refractivity contribution in [3.8, 4) is 0 Å². The molecule has 3 aromatic carbocycles. The first-order valence-electron chi connectivity index (χ1n) is 24.8. The molecule has 0 spiro atoms. The van der Waals surface area contributed by atoms with E-state index in [9.17, 15) is 24.0 Å². The van der Waals surface area contributed by atoms with E-state index in [-0.39, 0.29) is 34.8 Å². The summed E-state index contributed by atoms with van der Waals surface area (Å²) in [6, 6.07) is 19.2. The van der Waals surface area contributed by atoms with Crippen LogP contribution in [0.1, 0.15) is 101 Å². The minimum atomic E-state index is -0.599. The Labute approximate surface area is 392 Å². The van der Waals surface area contributed by atoms with E-state index in [4.69, 9.17) is 0 Å². The van der Waals surface area contributed by atoms with E-state index in [0.29, 0.717) is 91.7 Å². The molecule has 15 heteroatoms. The highest BCUT2D eigenvalue weighted by atomic mass is 19.1. The predicted octanol–water partition coefficient (Wildman–Crippen LogP) is 4.64.